The highest BCUT2D eigenvalue weighted by atomic mass is 16.5. The number of esters is 1. The average molecular weight is 242 g/mol. The molecule has 3 rings (SSSR count). The minimum Gasteiger partial charge on any atom is -0.465 e. The fraction of sp³-hybridized carbons (Fsp3) is 0.818. The summed E-state index contributed by atoms with van der Waals surface area (Å²) in [5, 5.41) is 11.8. The highest BCUT2D eigenvalue weighted by Gasteiger charge is 2.56. The number of rotatable bonds is 3. The van der Waals surface area contributed by atoms with Crippen molar-refractivity contribution in [3.05, 3.63) is 0 Å². The smallest absolute Gasteiger partial charge is 0.314 e. The average Bonchev–Trinajstić information content (AvgIpc) is 2.40. The normalized spacial score (nSPS) is 36.9. The van der Waals surface area contributed by atoms with Gasteiger partial charge in [-0.1, -0.05) is 5.16 Å². The predicted molar refractivity (Wildman–Crippen MR) is 59.6 cm³/mol. The highest BCUT2D eigenvalue weighted by Crippen LogP contribution is 2.49. The molecule has 0 spiro atoms. The van der Waals surface area contributed by atoms with E-state index < -0.39 is 11.0 Å². The molecule has 0 aromatic carbocycles. The Labute approximate surface area is 99.7 Å². The van der Waals surface area contributed by atoms with Gasteiger partial charge >= 0.3 is 5.97 Å². The molecule has 6 heteroatoms. The first-order valence-corrected chi connectivity index (χ1v) is 5.88. The van der Waals surface area contributed by atoms with Crippen LogP contribution in [0.25, 0.3) is 0 Å². The molecule has 2 saturated heterocycles. The van der Waals surface area contributed by atoms with E-state index in [1.807, 2.05) is 0 Å². The van der Waals surface area contributed by atoms with Crippen LogP contribution in [0.15, 0.2) is 5.16 Å². The Hall–Kier alpha value is -1.30. The van der Waals surface area contributed by atoms with E-state index in [0.717, 1.165) is 0 Å². The van der Waals surface area contributed by atoms with Gasteiger partial charge in [-0.15, -0.1) is 0 Å². The number of nitrogens with two attached hydrogens (primary N) is 1. The van der Waals surface area contributed by atoms with Crippen molar-refractivity contribution in [2.75, 3.05) is 13.2 Å². The molecule has 3 aliphatic rings. The Morgan fingerprint density at radius 3 is 2.53 bits per heavy atom. The molecule has 17 heavy (non-hydrogen) atoms. The molecule has 3 fully saturated rings. The molecule has 2 aliphatic heterocycles. The molecule has 6 nitrogen and oxygen atoms in total. The van der Waals surface area contributed by atoms with Crippen LogP contribution in [0.3, 0.4) is 0 Å². The maximum atomic E-state index is 11.9. The lowest BCUT2D eigenvalue weighted by Gasteiger charge is -2.50. The largest absolute Gasteiger partial charge is 0.465 e. The summed E-state index contributed by atoms with van der Waals surface area (Å²) in [6.07, 6.45) is 2.54. The first kappa shape index (κ1) is 12.2. The molecule has 1 saturated carbocycles. The van der Waals surface area contributed by atoms with Gasteiger partial charge in [-0.3, -0.25) is 4.79 Å². The van der Waals surface area contributed by atoms with Crippen LogP contribution in [-0.2, 0) is 14.3 Å². The molecule has 0 atom stereocenters. The van der Waals surface area contributed by atoms with Gasteiger partial charge in [-0.25, -0.2) is 0 Å². The Bertz CT molecular complexity index is 329. The monoisotopic (exact) mass is 242 g/mol. The Kier molecular flexibility index (Phi) is 2.99. The first-order chi connectivity index (χ1) is 8.08. The van der Waals surface area contributed by atoms with E-state index in [9.17, 15) is 4.79 Å². The summed E-state index contributed by atoms with van der Waals surface area (Å²) in [6, 6.07) is 0. The topological polar surface area (TPSA) is 94.1 Å². The van der Waals surface area contributed by atoms with Gasteiger partial charge in [0.25, 0.3) is 0 Å². The third-order valence-electron chi connectivity index (χ3n) is 3.92. The molecule has 3 N–H and O–H groups in total. The van der Waals surface area contributed by atoms with Crippen LogP contribution in [0.4, 0.5) is 0 Å². The molecule has 2 bridgehead atoms. The zero-order valence-corrected chi connectivity index (χ0v) is 9.94. The zero-order chi connectivity index (χ0) is 12.5. The molecular weight excluding hydrogens is 224 g/mol. The van der Waals surface area contributed by atoms with Gasteiger partial charge in [0.1, 0.15) is 5.60 Å². The summed E-state index contributed by atoms with van der Waals surface area (Å²) in [6.45, 7) is 2.47. The number of amidine groups is 1. The highest BCUT2D eigenvalue weighted by molar-refractivity contribution is 5.90. The van der Waals surface area contributed by atoms with Crippen LogP contribution in [0.5, 0.6) is 0 Å². The molecule has 0 radical (unpaired) electrons. The van der Waals surface area contributed by atoms with Crippen LogP contribution in [0.2, 0.25) is 0 Å². The van der Waals surface area contributed by atoms with Crippen molar-refractivity contribution >= 4 is 11.8 Å². The number of nitrogens with zero attached hydrogens (tertiary/aromatic N) is 1. The van der Waals surface area contributed by atoms with Gasteiger partial charge in [0.2, 0.25) is 0 Å². The molecule has 0 amide bonds. The van der Waals surface area contributed by atoms with Crippen LogP contribution >= 0.6 is 0 Å². The quantitative estimate of drug-likeness (QED) is 0.249. The molecule has 0 aromatic heterocycles. The SMILES string of the molecule is CCOC(=O)C12CCC(C(N)=NO)(CC1)OC2. The van der Waals surface area contributed by atoms with Crippen LogP contribution < -0.4 is 5.73 Å². The van der Waals surface area contributed by atoms with Crippen molar-refractivity contribution < 1.29 is 19.5 Å². The fourth-order valence-corrected chi connectivity index (χ4v) is 2.67. The summed E-state index contributed by atoms with van der Waals surface area (Å²) in [7, 11) is 0. The van der Waals surface area contributed by atoms with E-state index in [0.29, 0.717) is 38.9 Å². The Morgan fingerprint density at radius 2 is 2.12 bits per heavy atom. The van der Waals surface area contributed by atoms with E-state index in [1.165, 1.54) is 0 Å². The number of hydrogen-bond donors (Lipinski definition) is 2. The van der Waals surface area contributed by atoms with Crippen LogP contribution in [0.1, 0.15) is 32.6 Å². The second kappa shape index (κ2) is 4.18. The Morgan fingerprint density at radius 1 is 1.47 bits per heavy atom. The standard InChI is InChI=1S/C11H18N2O4/c1-2-16-9(14)10-3-5-11(6-4-10,17-7-10)8(12)13-15/h15H,2-7H2,1H3,(H2,12,13). The third-order valence-corrected chi connectivity index (χ3v) is 3.92. The Balaban J connectivity index is 2.12. The van der Waals surface area contributed by atoms with E-state index in [1.54, 1.807) is 6.92 Å². The number of oxime groups is 1. The minimum absolute atomic E-state index is 0.106. The molecule has 0 aromatic rings. The molecule has 96 valence electrons. The van der Waals surface area contributed by atoms with E-state index >= 15 is 0 Å². The lowest BCUT2D eigenvalue weighted by molar-refractivity contribution is -0.189. The number of fused-ring (bicyclic) bond motifs is 3. The number of ether oxygens (including phenoxy) is 2. The summed E-state index contributed by atoms with van der Waals surface area (Å²) in [4.78, 5) is 11.9. The van der Waals surface area contributed by atoms with E-state index in [4.69, 9.17) is 20.4 Å². The lowest BCUT2D eigenvalue weighted by atomic mass is 9.65. The summed E-state index contributed by atoms with van der Waals surface area (Å²) in [5.74, 6) is -0.0810. The zero-order valence-electron chi connectivity index (χ0n) is 9.94. The second-order valence-electron chi connectivity index (χ2n) is 4.77. The lowest BCUT2D eigenvalue weighted by Crippen LogP contribution is -2.60. The van der Waals surface area contributed by atoms with Crippen molar-refractivity contribution in [3.8, 4) is 0 Å². The molecule has 2 heterocycles. The van der Waals surface area contributed by atoms with Crippen molar-refractivity contribution in [2.24, 2.45) is 16.3 Å². The molecule has 0 unspecified atom stereocenters. The van der Waals surface area contributed by atoms with E-state index in [2.05, 4.69) is 5.16 Å². The first-order valence-electron chi connectivity index (χ1n) is 5.88. The van der Waals surface area contributed by atoms with Gasteiger partial charge in [-0.2, -0.15) is 0 Å². The second-order valence-corrected chi connectivity index (χ2v) is 4.77. The summed E-state index contributed by atoms with van der Waals surface area (Å²) in [5.41, 5.74) is 4.46. The van der Waals surface area contributed by atoms with Gasteiger partial charge in [-0.05, 0) is 32.6 Å². The minimum atomic E-state index is -0.678. The van der Waals surface area contributed by atoms with Gasteiger partial charge in [0.05, 0.1) is 18.6 Å². The maximum Gasteiger partial charge on any atom is 0.314 e. The van der Waals surface area contributed by atoms with Crippen molar-refractivity contribution in [2.45, 2.75) is 38.2 Å². The van der Waals surface area contributed by atoms with Crippen LogP contribution in [-0.4, -0.2) is 35.8 Å². The number of carbonyl (C=O) groups excluding carboxylic acids is 1. The predicted octanol–water partition coefficient (Wildman–Crippen LogP) is 0.625. The molecule has 1 aliphatic carbocycles. The van der Waals surface area contributed by atoms with Crippen LogP contribution in [0, 0.1) is 5.41 Å². The van der Waals surface area contributed by atoms with Crippen molar-refractivity contribution in [1.82, 2.24) is 0 Å². The number of carbonyl (C=O) groups is 1. The van der Waals surface area contributed by atoms with Gasteiger partial charge in [0, 0.05) is 0 Å². The number of hydrogen-bond acceptors (Lipinski definition) is 5. The summed E-state index contributed by atoms with van der Waals surface area (Å²) < 4.78 is 10.8. The van der Waals surface area contributed by atoms with E-state index in [-0.39, 0.29) is 11.8 Å². The van der Waals surface area contributed by atoms with Crippen molar-refractivity contribution in [3.63, 3.8) is 0 Å². The third kappa shape index (κ3) is 1.76. The van der Waals surface area contributed by atoms with Gasteiger partial charge < -0.3 is 20.4 Å². The summed E-state index contributed by atoms with van der Waals surface area (Å²) >= 11 is 0. The maximum absolute atomic E-state index is 11.9. The molecular formula is C11H18N2O4. The fourth-order valence-electron chi connectivity index (χ4n) is 2.67. The van der Waals surface area contributed by atoms with Crippen molar-refractivity contribution in [1.29, 1.82) is 0 Å². The van der Waals surface area contributed by atoms with Gasteiger partial charge in [0.15, 0.2) is 5.84 Å².